The fraction of sp³-hybridized carbons (Fsp3) is 0.667. The molecular formula is C6H11NO. The fourth-order valence-corrected chi connectivity index (χ4v) is 0.885. The highest BCUT2D eigenvalue weighted by atomic mass is 16.3. The molecule has 2 nitrogen and oxygen atoms in total. The van der Waals surface area contributed by atoms with Crippen LogP contribution < -0.4 is 5.73 Å². The Morgan fingerprint density at radius 3 is 2.75 bits per heavy atom. The van der Waals surface area contributed by atoms with Crippen molar-refractivity contribution in [2.45, 2.75) is 18.4 Å². The van der Waals surface area contributed by atoms with Crippen LogP contribution in [0.25, 0.3) is 0 Å². The quantitative estimate of drug-likeness (QED) is 0.471. The molecule has 1 atom stereocenters. The first-order chi connectivity index (χ1) is 3.77. The molecule has 46 valence electrons. The maximum absolute atomic E-state index is 8.65. The SMILES string of the molecule is N[C@]1(CO)C=CCC1. The summed E-state index contributed by atoms with van der Waals surface area (Å²) in [7, 11) is 0. The van der Waals surface area contributed by atoms with Crippen LogP contribution in [0.3, 0.4) is 0 Å². The van der Waals surface area contributed by atoms with Gasteiger partial charge in [0, 0.05) is 0 Å². The van der Waals surface area contributed by atoms with Gasteiger partial charge < -0.3 is 10.8 Å². The topological polar surface area (TPSA) is 46.2 Å². The highest BCUT2D eigenvalue weighted by Gasteiger charge is 2.22. The summed E-state index contributed by atoms with van der Waals surface area (Å²) in [6.45, 7) is 0.0729. The molecule has 0 aromatic rings. The Morgan fingerprint density at radius 2 is 2.50 bits per heavy atom. The Labute approximate surface area is 49.0 Å². The molecule has 8 heavy (non-hydrogen) atoms. The molecular weight excluding hydrogens is 102 g/mol. The van der Waals surface area contributed by atoms with Crippen LogP contribution in [0.1, 0.15) is 12.8 Å². The number of rotatable bonds is 1. The molecule has 0 unspecified atom stereocenters. The van der Waals surface area contributed by atoms with Crippen molar-refractivity contribution in [2.75, 3.05) is 6.61 Å². The third kappa shape index (κ3) is 0.904. The van der Waals surface area contributed by atoms with E-state index >= 15 is 0 Å². The first-order valence-corrected chi connectivity index (χ1v) is 2.84. The van der Waals surface area contributed by atoms with Crippen molar-refractivity contribution in [3.8, 4) is 0 Å². The van der Waals surface area contributed by atoms with Crippen molar-refractivity contribution in [3.63, 3.8) is 0 Å². The molecule has 2 heteroatoms. The molecule has 0 saturated carbocycles. The molecule has 0 bridgehead atoms. The summed E-state index contributed by atoms with van der Waals surface area (Å²) in [5.41, 5.74) is 5.23. The Balaban J connectivity index is 2.54. The highest BCUT2D eigenvalue weighted by Crippen LogP contribution is 2.17. The maximum Gasteiger partial charge on any atom is 0.0647 e. The van der Waals surface area contributed by atoms with Gasteiger partial charge in [0.1, 0.15) is 0 Å². The molecule has 1 aliphatic rings. The molecule has 0 fully saturated rings. The lowest BCUT2D eigenvalue weighted by Gasteiger charge is -2.16. The van der Waals surface area contributed by atoms with Gasteiger partial charge in [0.2, 0.25) is 0 Å². The third-order valence-electron chi connectivity index (χ3n) is 1.52. The van der Waals surface area contributed by atoms with E-state index in [9.17, 15) is 0 Å². The predicted molar refractivity (Wildman–Crippen MR) is 32.4 cm³/mol. The Morgan fingerprint density at radius 1 is 1.75 bits per heavy atom. The van der Waals surface area contributed by atoms with E-state index in [1.807, 2.05) is 12.2 Å². The number of nitrogens with two attached hydrogens (primary N) is 1. The summed E-state index contributed by atoms with van der Waals surface area (Å²) in [6.07, 6.45) is 5.80. The summed E-state index contributed by atoms with van der Waals surface area (Å²) in [4.78, 5) is 0. The van der Waals surface area contributed by atoms with E-state index in [1.165, 1.54) is 0 Å². The Bertz CT molecular complexity index is 111. The zero-order valence-corrected chi connectivity index (χ0v) is 4.80. The standard InChI is InChI=1S/C6H11NO/c7-6(5-8)3-1-2-4-6/h1,3,8H,2,4-5,7H2/t6-/m1/s1. The summed E-state index contributed by atoms with van der Waals surface area (Å²) in [5, 5.41) is 8.65. The number of aliphatic hydroxyl groups excluding tert-OH is 1. The number of hydrogen-bond acceptors (Lipinski definition) is 2. The van der Waals surface area contributed by atoms with Gasteiger partial charge in [0.05, 0.1) is 12.1 Å². The van der Waals surface area contributed by atoms with Crippen molar-refractivity contribution >= 4 is 0 Å². The van der Waals surface area contributed by atoms with E-state index in [1.54, 1.807) is 0 Å². The predicted octanol–water partition coefficient (Wildman–Crippen LogP) is 0.0262. The van der Waals surface area contributed by atoms with Gasteiger partial charge >= 0.3 is 0 Å². The summed E-state index contributed by atoms with van der Waals surface area (Å²) in [5.74, 6) is 0. The Hall–Kier alpha value is -0.340. The van der Waals surface area contributed by atoms with Crippen molar-refractivity contribution in [1.29, 1.82) is 0 Å². The second-order valence-electron chi connectivity index (χ2n) is 2.33. The molecule has 0 amide bonds. The van der Waals surface area contributed by atoms with Gasteiger partial charge in [-0.2, -0.15) is 0 Å². The molecule has 0 radical (unpaired) electrons. The highest BCUT2D eigenvalue weighted by molar-refractivity contribution is 5.11. The molecule has 0 spiro atoms. The fourth-order valence-electron chi connectivity index (χ4n) is 0.885. The Kier molecular flexibility index (Phi) is 1.36. The zero-order valence-electron chi connectivity index (χ0n) is 4.80. The van der Waals surface area contributed by atoms with Gasteiger partial charge in [-0.3, -0.25) is 0 Å². The average molecular weight is 113 g/mol. The van der Waals surface area contributed by atoms with Gasteiger partial charge in [-0.25, -0.2) is 0 Å². The second kappa shape index (κ2) is 1.88. The largest absolute Gasteiger partial charge is 0.394 e. The van der Waals surface area contributed by atoms with E-state index in [4.69, 9.17) is 10.8 Å². The van der Waals surface area contributed by atoms with E-state index in [0.29, 0.717) is 0 Å². The lowest BCUT2D eigenvalue weighted by atomic mass is 10.0. The zero-order chi connectivity index (χ0) is 6.04. The van der Waals surface area contributed by atoms with Crippen LogP contribution in [-0.4, -0.2) is 17.3 Å². The minimum absolute atomic E-state index is 0.0729. The number of aliphatic hydroxyl groups is 1. The average Bonchev–Trinajstić information content (AvgIpc) is 2.17. The van der Waals surface area contributed by atoms with Crippen molar-refractivity contribution in [1.82, 2.24) is 0 Å². The van der Waals surface area contributed by atoms with E-state index in [-0.39, 0.29) is 12.1 Å². The molecule has 1 rings (SSSR count). The maximum atomic E-state index is 8.65. The van der Waals surface area contributed by atoms with E-state index in [0.717, 1.165) is 12.8 Å². The van der Waals surface area contributed by atoms with Crippen LogP contribution in [0.4, 0.5) is 0 Å². The molecule has 0 aromatic carbocycles. The number of hydrogen-bond donors (Lipinski definition) is 2. The summed E-state index contributed by atoms with van der Waals surface area (Å²) < 4.78 is 0. The van der Waals surface area contributed by atoms with Crippen LogP contribution in [0.15, 0.2) is 12.2 Å². The summed E-state index contributed by atoms with van der Waals surface area (Å²) >= 11 is 0. The van der Waals surface area contributed by atoms with Crippen LogP contribution in [0.2, 0.25) is 0 Å². The number of allylic oxidation sites excluding steroid dienone is 1. The van der Waals surface area contributed by atoms with E-state index < -0.39 is 0 Å². The van der Waals surface area contributed by atoms with Gasteiger partial charge in [-0.1, -0.05) is 12.2 Å². The summed E-state index contributed by atoms with van der Waals surface area (Å²) in [6, 6.07) is 0. The second-order valence-corrected chi connectivity index (χ2v) is 2.33. The minimum Gasteiger partial charge on any atom is -0.394 e. The molecule has 1 aliphatic carbocycles. The van der Waals surface area contributed by atoms with Gasteiger partial charge in [0.25, 0.3) is 0 Å². The lowest BCUT2D eigenvalue weighted by Crippen LogP contribution is -2.39. The molecule has 0 aromatic heterocycles. The molecule has 0 saturated heterocycles. The van der Waals surface area contributed by atoms with Crippen molar-refractivity contribution in [3.05, 3.63) is 12.2 Å². The van der Waals surface area contributed by atoms with Crippen molar-refractivity contribution in [2.24, 2.45) is 5.73 Å². The molecule has 0 aliphatic heterocycles. The third-order valence-corrected chi connectivity index (χ3v) is 1.52. The lowest BCUT2D eigenvalue weighted by molar-refractivity contribution is 0.226. The van der Waals surface area contributed by atoms with Crippen LogP contribution >= 0.6 is 0 Å². The first kappa shape index (κ1) is 5.79. The van der Waals surface area contributed by atoms with Crippen LogP contribution in [-0.2, 0) is 0 Å². The smallest absolute Gasteiger partial charge is 0.0647 e. The van der Waals surface area contributed by atoms with Crippen molar-refractivity contribution < 1.29 is 5.11 Å². The first-order valence-electron chi connectivity index (χ1n) is 2.84. The monoisotopic (exact) mass is 113 g/mol. The van der Waals surface area contributed by atoms with Crippen LogP contribution in [0, 0.1) is 0 Å². The van der Waals surface area contributed by atoms with Gasteiger partial charge in [-0.05, 0) is 12.8 Å². The van der Waals surface area contributed by atoms with E-state index in [2.05, 4.69) is 0 Å². The van der Waals surface area contributed by atoms with Gasteiger partial charge in [0.15, 0.2) is 0 Å². The molecule has 3 N–H and O–H groups in total. The van der Waals surface area contributed by atoms with Gasteiger partial charge in [-0.15, -0.1) is 0 Å². The molecule has 0 heterocycles. The normalized spacial score (nSPS) is 36.2. The minimum atomic E-state index is -0.389. The van der Waals surface area contributed by atoms with Crippen LogP contribution in [0.5, 0.6) is 0 Å².